The third-order valence-corrected chi connectivity index (χ3v) is 4.54. The fraction of sp³-hybridized carbons (Fsp3) is 0.667. The van der Waals surface area contributed by atoms with Crippen LogP contribution in [0.4, 0.5) is 0 Å². The Morgan fingerprint density at radius 1 is 1.15 bits per heavy atom. The van der Waals surface area contributed by atoms with Crippen LogP contribution in [-0.4, -0.2) is 73.0 Å². The molecule has 0 spiro atoms. The Morgan fingerprint density at radius 2 is 1.85 bits per heavy atom. The summed E-state index contributed by atoms with van der Waals surface area (Å²) in [4.78, 5) is 19.1. The standard InChI is InChI=1S/C15H23N3O2/c1-16-6-4-13(5-7-16)17-8-10-18(11-9-17)15(19)14-3-2-12-20-14/h2-3,12-13H,4-11H2,1H3. The predicted octanol–water partition coefficient (Wildman–Crippen LogP) is 1.13. The van der Waals surface area contributed by atoms with Gasteiger partial charge in [-0.15, -0.1) is 0 Å². The van der Waals surface area contributed by atoms with Gasteiger partial charge in [-0.3, -0.25) is 9.69 Å². The van der Waals surface area contributed by atoms with E-state index in [4.69, 9.17) is 4.42 Å². The van der Waals surface area contributed by atoms with E-state index < -0.39 is 0 Å². The molecule has 0 N–H and O–H groups in total. The van der Waals surface area contributed by atoms with Crippen LogP contribution in [-0.2, 0) is 0 Å². The largest absolute Gasteiger partial charge is 0.459 e. The van der Waals surface area contributed by atoms with Crippen molar-refractivity contribution in [2.75, 3.05) is 46.3 Å². The SMILES string of the molecule is CN1CCC(N2CCN(C(=O)c3ccco3)CC2)CC1. The Hall–Kier alpha value is -1.33. The summed E-state index contributed by atoms with van der Waals surface area (Å²) in [5.41, 5.74) is 0. The zero-order valence-electron chi connectivity index (χ0n) is 12.1. The maximum Gasteiger partial charge on any atom is 0.289 e. The summed E-state index contributed by atoms with van der Waals surface area (Å²) in [6.07, 6.45) is 4.06. The van der Waals surface area contributed by atoms with Gasteiger partial charge < -0.3 is 14.2 Å². The van der Waals surface area contributed by atoms with E-state index in [1.807, 2.05) is 4.90 Å². The third-order valence-electron chi connectivity index (χ3n) is 4.54. The first kappa shape index (κ1) is 13.6. The van der Waals surface area contributed by atoms with Gasteiger partial charge in [-0.1, -0.05) is 0 Å². The number of hydrogen-bond donors (Lipinski definition) is 0. The van der Waals surface area contributed by atoms with Gasteiger partial charge in [-0.25, -0.2) is 0 Å². The Balaban J connectivity index is 1.51. The number of piperazine rings is 1. The Bertz CT molecular complexity index is 430. The van der Waals surface area contributed by atoms with Gasteiger partial charge in [-0.2, -0.15) is 0 Å². The van der Waals surface area contributed by atoms with Crippen LogP contribution in [0.3, 0.4) is 0 Å². The smallest absolute Gasteiger partial charge is 0.289 e. The van der Waals surface area contributed by atoms with E-state index in [0.29, 0.717) is 11.8 Å². The minimum absolute atomic E-state index is 0.0260. The van der Waals surface area contributed by atoms with Crippen LogP contribution in [0.1, 0.15) is 23.4 Å². The first-order chi connectivity index (χ1) is 9.74. The molecule has 2 aliphatic heterocycles. The molecular formula is C15H23N3O2. The van der Waals surface area contributed by atoms with E-state index in [-0.39, 0.29) is 5.91 Å². The number of piperidine rings is 1. The second-order valence-electron chi connectivity index (χ2n) is 5.84. The molecule has 2 aliphatic rings. The molecule has 1 amide bonds. The first-order valence-electron chi connectivity index (χ1n) is 7.49. The highest BCUT2D eigenvalue weighted by molar-refractivity contribution is 5.91. The monoisotopic (exact) mass is 277 g/mol. The van der Waals surface area contributed by atoms with Crippen molar-refractivity contribution >= 4 is 5.91 Å². The van der Waals surface area contributed by atoms with Crippen molar-refractivity contribution in [1.82, 2.24) is 14.7 Å². The summed E-state index contributed by atoms with van der Waals surface area (Å²) in [6, 6.07) is 4.21. The molecule has 2 fully saturated rings. The van der Waals surface area contributed by atoms with Crippen molar-refractivity contribution in [2.24, 2.45) is 0 Å². The number of likely N-dealkylation sites (tertiary alicyclic amines) is 1. The van der Waals surface area contributed by atoms with Crippen LogP contribution in [0.2, 0.25) is 0 Å². The fourth-order valence-electron chi connectivity index (χ4n) is 3.21. The van der Waals surface area contributed by atoms with Crippen LogP contribution in [0.15, 0.2) is 22.8 Å². The highest BCUT2D eigenvalue weighted by Crippen LogP contribution is 2.18. The molecule has 0 aromatic carbocycles. The van der Waals surface area contributed by atoms with Crippen molar-refractivity contribution in [3.05, 3.63) is 24.2 Å². The molecule has 0 saturated carbocycles. The fourth-order valence-corrected chi connectivity index (χ4v) is 3.21. The van der Waals surface area contributed by atoms with Gasteiger partial charge in [0, 0.05) is 32.2 Å². The number of carbonyl (C=O) groups is 1. The lowest BCUT2D eigenvalue weighted by atomic mass is 10.0. The molecule has 5 nitrogen and oxygen atoms in total. The number of hydrogen-bond acceptors (Lipinski definition) is 4. The zero-order chi connectivity index (χ0) is 13.9. The van der Waals surface area contributed by atoms with Crippen LogP contribution < -0.4 is 0 Å². The van der Waals surface area contributed by atoms with Crippen molar-refractivity contribution in [2.45, 2.75) is 18.9 Å². The average molecular weight is 277 g/mol. The molecule has 0 atom stereocenters. The lowest BCUT2D eigenvalue weighted by Gasteiger charge is -2.42. The van der Waals surface area contributed by atoms with E-state index in [2.05, 4.69) is 16.8 Å². The minimum atomic E-state index is 0.0260. The average Bonchev–Trinajstić information content (AvgIpc) is 3.02. The molecular weight excluding hydrogens is 254 g/mol. The summed E-state index contributed by atoms with van der Waals surface area (Å²) >= 11 is 0. The highest BCUT2D eigenvalue weighted by Gasteiger charge is 2.28. The Morgan fingerprint density at radius 3 is 2.45 bits per heavy atom. The molecule has 3 rings (SSSR count). The predicted molar refractivity (Wildman–Crippen MR) is 76.7 cm³/mol. The van der Waals surface area contributed by atoms with Crippen molar-refractivity contribution in [3.63, 3.8) is 0 Å². The lowest BCUT2D eigenvalue weighted by Crippen LogP contribution is -2.54. The number of furan rings is 1. The van der Waals surface area contributed by atoms with Crippen LogP contribution in [0, 0.1) is 0 Å². The van der Waals surface area contributed by atoms with E-state index in [9.17, 15) is 4.79 Å². The quantitative estimate of drug-likeness (QED) is 0.812. The summed E-state index contributed by atoms with van der Waals surface area (Å²) in [5.74, 6) is 0.482. The van der Waals surface area contributed by atoms with E-state index in [1.54, 1.807) is 18.4 Å². The third kappa shape index (κ3) is 2.88. The van der Waals surface area contributed by atoms with Gasteiger partial charge in [-0.05, 0) is 45.1 Å². The molecule has 5 heteroatoms. The maximum absolute atomic E-state index is 12.2. The normalized spacial score (nSPS) is 23.1. The summed E-state index contributed by atoms with van der Waals surface area (Å²) in [7, 11) is 2.19. The van der Waals surface area contributed by atoms with Crippen LogP contribution >= 0.6 is 0 Å². The summed E-state index contributed by atoms with van der Waals surface area (Å²) < 4.78 is 5.19. The molecule has 20 heavy (non-hydrogen) atoms. The number of carbonyl (C=O) groups excluding carboxylic acids is 1. The molecule has 3 heterocycles. The molecule has 0 bridgehead atoms. The number of nitrogens with zero attached hydrogens (tertiary/aromatic N) is 3. The topological polar surface area (TPSA) is 39.9 Å². The summed E-state index contributed by atoms with van der Waals surface area (Å²) in [5, 5.41) is 0. The van der Waals surface area contributed by atoms with Gasteiger partial charge in [0.05, 0.1) is 6.26 Å². The molecule has 1 aromatic rings. The molecule has 0 unspecified atom stereocenters. The van der Waals surface area contributed by atoms with Gasteiger partial charge in [0.1, 0.15) is 0 Å². The van der Waals surface area contributed by atoms with Crippen molar-refractivity contribution in [3.8, 4) is 0 Å². The van der Waals surface area contributed by atoms with Gasteiger partial charge >= 0.3 is 0 Å². The molecule has 0 aliphatic carbocycles. The van der Waals surface area contributed by atoms with E-state index in [0.717, 1.165) is 26.2 Å². The zero-order valence-corrected chi connectivity index (χ0v) is 12.1. The van der Waals surface area contributed by atoms with Gasteiger partial charge in [0.15, 0.2) is 5.76 Å². The van der Waals surface area contributed by atoms with Gasteiger partial charge in [0.25, 0.3) is 5.91 Å². The molecule has 1 aromatic heterocycles. The van der Waals surface area contributed by atoms with Gasteiger partial charge in [0.2, 0.25) is 0 Å². The summed E-state index contributed by atoms with van der Waals surface area (Å²) in [6.45, 7) is 5.98. The molecule has 2 saturated heterocycles. The first-order valence-corrected chi connectivity index (χ1v) is 7.49. The second-order valence-corrected chi connectivity index (χ2v) is 5.84. The Kier molecular flexibility index (Phi) is 4.08. The molecule has 0 radical (unpaired) electrons. The number of rotatable bonds is 2. The van der Waals surface area contributed by atoms with Crippen molar-refractivity contribution in [1.29, 1.82) is 0 Å². The number of amides is 1. The van der Waals surface area contributed by atoms with Crippen LogP contribution in [0.25, 0.3) is 0 Å². The lowest BCUT2D eigenvalue weighted by molar-refractivity contribution is 0.0452. The van der Waals surface area contributed by atoms with Crippen LogP contribution in [0.5, 0.6) is 0 Å². The van der Waals surface area contributed by atoms with E-state index >= 15 is 0 Å². The Labute approximate surface area is 120 Å². The van der Waals surface area contributed by atoms with Crippen molar-refractivity contribution < 1.29 is 9.21 Å². The highest BCUT2D eigenvalue weighted by atomic mass is 16.3. The maximum atomic E-state index is 12.2. The minimum Gasteiger partial charge on any atom is -0.459 e. The second kappa shape index (κ2) is 5.97. The van der Waals surface area contributed by atoms with E-state index in [1.165, 1.54) is 25.9 Å². The molecule has 110 valence electrons.